The molecule has 0 unspecified atom stereocenters. The molecule has 5 nitrogen and oxygen atoms in total. The number of hydrogen-bond donors (Lipinski definition) is 1. The van der Waals surface area contributed by atoms with Crippen molar-refractivity contribution in [2.75, 3.05) is 0 Å². The van der Waals surface area contributed by atoms with E-state index >= 15 is 0 Å². The predicted octanol–water partition coefficient (Wildman–Crippen LogP) is 3.43. The lowest BCUT2D eigenvalue weighted by Crippen LogP contribution is -2.20. The van der Waals surface area contributed by atoms with E-state index in [0.29, 0.717) is 27.9 Å². The van der Waals surface area contributed by atoms with Crippen LogP contribution in [0.15, 0.2) is 65.7 Å². The van der Waals surface area contributed by atoms with E-state index < -0.39 is 0 Å². The van der Waals surface area contributed by atoms with Gasteiger partial charge in [0.2, 0.25) is 0 Å². The first kappa shape index (κ1) is 15.5. The second-order valence-electron chi connectivity index (χ2n) is 5.64. The summed E-state index contributed by atoms with van der Waals surface area (Å²) in [7, 11) is 0. The molecule has 0 radical (unpaired) electrons. The van der Waals surface area contributed by atoms with Gasteiger partial charge in [-0.2, -0.15) is 5.10 Å². The zero-order valence-electron chi connectivity index (χ0n) is 13.0. The fraction of sp³-hybridized carbons (Fsp3) is 0.0556. The van der Waals surface area contributed by atoms with Gasteiger partial charge in [-0.15, -0.1) is 0 Å². The minimum absolute atomic E-state index is 0.194. The monoisotopic (exact) mass is 352 g/mol. The molecule has 0 bridgehead atoms. The lowest BCUT2D eigenvalue weighted by atomic mass is 10.2. The van der Waals surface area contributed by atoms with Gasteiger partial charge in [0.15, 0.2) is 4.77 Å². The van der Waals surface area contributed by atoms with E-state index in [-0.39, 0.29) is 11.4 Å². The van der Waals surface area contributed by atoms with E-state index in [1.165, 1.54) is 16.7 Å². The highest BCUT2D eigenvalue weighted by Crippen LogP contribution is 2.11. The molecule has 2 heterocycles. The first-order chi connectivity index (χ1) is 12.1. The number of halogens is 1. The van der Waals surface area contributed by atoms with Crippen LogP contribution < -0.4 is 5.56 Å². The molecule has 0 aliphatic heterocycles. The third kappa shape index (κ3) is 2.89. The van der Waals surface area contributed by atoms with Crippen LogP contribution in [0.3, 0.4) is 0 Å². The van der Waals surface area contributed by atoms with Crippen LogP contribution in [0, 0.1) is 10.6 Å². The number of aromatic amines is 1. The molecule has 2 aromatic carbocycles. The largest absolute Gasteiger partial charge is 0.331 e. The van der Waals surface area contributed by atoms with Gasteiger partial charge in [0.1, 0.15) is 5.82 Å². The molecular formula is C18H13FN4OS. The molecule has 0 atom stereocenters. The second kappa shape index (κ2) is 6.10. The van der Waals surface area contributed by atoms with Crippen molar-refractivity contribution < 1.29 is 4.39 Å². The molecule has 124 valence electrons. The molecule has 2 aromatic heterocycles. The summed E-state index contributed by atoms with van der Waals surface area (Å²) < 4.78 is 16.4. The van der Waals surface area contributed by atoms with Gasteiger partial charge in [-0.25, -0.2) is 8.96 Å². The van der Waals surface area contributed by atoms with Crippen LogP contribution in [0.2, 0.25) is 0 Å². The Morgan fingerprint density at radius 3 is 2.68 bits per heavy atom. The van der Waals surface area contributed by atoms with Crippen LogP contribution in [0.5, 0.6) is 0 Å². The summed E-state index contributed by atoms with van der Waals surface area (Å²) in [5.74, 6) is -0.279. The Morgan fingerprint density at radius 2 is 1.88 bits per heavy atom. The first-order valence-electron chi connectivity index (χ1n) is 7.63. The van der Waals surface area contributed by atoms with Gasteiger partial charge in [-0.1, -0.05) is 24.3 Å². The zero-order valence-corrected chi connectivity index (χ0v) is 13.8. The van der Waals surface area contributed by atoms with Crippen molar-refractivity contribution in [2.45, 2.75) is 6.54 Å². The molecule has 0 saturated heterocycles. The van der Waals surface area contributed by atoms with Crippen LogP contribution in [0.25, 0.3) is 16.6 Å². The summed E-state index contributed by atoms with van der Waals surface area (Å²) in [6, 6.07) is 13.4. The Balaban J connectivity index is 1.75. The van der Waals surface area contributed by atoms with Gasteiger partial charge in [0.05, 0.1) is 29.3 Å². The molecule has 0 fully saturated rings. The molecule has 4 aromatic rings. The Kier molecular flexibility index (Phi) is 3.77. The smallest absolute Gasteiger partial charge is 0.266 e. The van der Waals surface area contributed by atoms with Crippen LogP contribution in [0.1, 0.15) is 5.56 Å². The minimum Gasteiger partial charge on any atom is -0.331 e. The van der Waals surface area contributed by atoms with E-state index in [1.807, 2.05) is 18.2 Å². The average molecular weight is 352 g/mol. The molecular weight excluding hydrogens is 339 g/mol. The Morgan fingerprint density at radius 1 is 1.12 bits per heavy atom. The highest BCUT2D eigenvalue weighted by molar-refractivity contribution is 7.71. The maximum atomic E-state index is 13.0. The Bertz CT molecular complexity index is 1170. The van der Waals surface area contributed by atoms with E-state index in [0.717, 1.165) is 5.56 Å². The van der Waals surface area contributed by atoms with Crippen LogP contribution in [-0.2, 0) is 6.54 Å². The third-order valence-corrected chi connectivity index (χ3v) is 4.23. The van der Waals surface area contributed by atoms with Crippen molar-refractivity contribution in [3.8, 4) is 5.69 Å². The van der Waals surface area contributed by atoms with E-state index in [2.05, 4.69) is 10.1 Å². The maximum Gasteiger partial charge on any atom is 0.266 e. The standard InChI is InChI=1S/C18H13FN4OS/c19-13-7-5-12(6-8-13)10-22-11-14(9-20-22)23-17(24)15-3-1-2-4-16(15)21-18(23)25/h1-9,11H,10H2,(H,21,25). The highest BCUT2D eigenvalue weighted by atomic mass is 32.1. The van der Waals surface area contributed by atoms with Gasteiger partial charge in [0.25, 0.3) is 5.56 Å². The van der Waals surface area contributed by atoms with Crippen LogP contribution >= 0.6 is 12.2 Å². The third-order valence-electron chi connectivity index (χ3n) is 3.94. The van der Waals surface area contributed by atoms with Crippen molar-refractivity contribution in [1.29, 1.82) is 0 Å². The molecule has 0 spiro atoms. The normalized spacial score (nSPS) is 11.1. The number of H-pyrrole nitrogens is 1. The van der Waals surface area contributed by atoms with Gasteiger partial charge < -0.3 is 4.98 Å². The van der Waals surface area contributed by atoms with Gasteiger partial charge in [-0.3, -0.25) is 9.48 Å². The van der Waals surface area contributed by atoms with Crippen LogP contribution in [0.4, 0.5) is 4.39 Å². The number of nitrogens with zero attached hydrogens (tertiary/aromatic N) is 3. The number of nitrogens with one attached hydrogen (secondary N) is 1. The van der Waals surface area contributed by atoms with Crippen molar-refractivity contribution in [2.24, 2.45) is 0 Å². The summed E-state index contributed by atoms with van der Waals surface area (Å²) in [6.07, 6.45) is 3.33. The molecule has 4 rings (SSSR count). The Labute approximate surface area is 147 Å². The maximum absolute atomic E-state index is 13.0. The van der Waals surface area contributed by atoms with Crippen molar-refractivity contribution in [1.82, 2.24) is 19.3 Å². The number of fused-ring (bicyclic) bond motifs is 1. The zero-order chi connectivity index (χ0) is 17.4. The van der Waals surface area contributed by atoms with Gasteiger partial charge in [0, 0.05) is 6.20 Å². The van der Waals surface area contributed by atoms with E-state index in [9.17, 15) is 9.18 Å². The molecule has 0 amide bonds. The molecule has 7 heteroatoms. The van der Waals surface area contributed by atoms with E-state index in [1.54, 1.807) is 35.3 Å². The topological polar surface area (TPSA) is 55.6 Å². The summed E-state index contributed by atoms with van der Waals surface area (Å²) in [6.45, 7) is 0.471. The number of aromatic nitrogens is 4. The summed E-state index contributed by atoms with van der Waals surface area (Å²) in [5.41, 5.74) is 2.00. The number of hydrogen-bond acceptors (Lipinski definition) is 3. The lowest BCUT2D eigenvalue weighted by Gasteiger charge is -2.05. The molecule has 25 heavy (non-hydrogen) atoms. The molecule has 0 aliphatic carbocycles. The highest BCUT2D eigenvalue weighted by Gasteiger charge is 2.09. The van der Waals surface area contributed by atoms with Crippen molar-refractivity contribution in [3.05, 3.63) is 87.4 Å². The van der Waals surface area contributed by atoms with Gasteiger partial charge >= 0.3 is 0 Å². The second-order valence-corrected chi connectivity index (χ2v) is 6.03. The fourth-order valence-corrected chi connectivity index (χ4v) is 3.03. The number of para-hydroxylation sites is 1. The fourth-order valence-electron chi connectivity index (χ4n) is 2.73. The predicted molar refractivity (Wildman–Crippen MR) is 96.0 cm³/mol. The SMILES string of the molecule is O=c1c2ccccc2[nH]c(=S)n1-c1cnn(Cc2ccc(F)cc2)c1. The van der Waals surface area contributed by atoms with Crippen molar-refractivity contribution in [3.63, 3.8) is 0 Å². The van der Waals surface area contributed by atoms with Crippen LogP contribution in [-0.4, -0.2) is 19.3 Å². The van der Waals surface area contributed by atoms with E-state index in [4.69, 9.17) is 12.2 Å². The first-order valence-corrected chi connectivity index (χ1v) is 8.04. The quantitative estimate of drug-likeness (QED) is 0.575. The lowest BCUT2D eigenvalue weighted by molar-refractivity contribution is 0.624. The van der Waals surface area contributed by atoms with Gasteiger partial charge in [-0.05, 0) is 42.0 Å². The minimum atomic E-state index is -0.279. The summed E-state index contributed by atoms with van der Waals surface area (Å²) >= 11 is 5.33. The molecule has 1 N–H and O–H groups in total. The summed E-state index contributed by atoms with van der Waals surface area (Å²) in [4.78, 5) is 15.8. The molecule has 0 saturated carbocycles. The Hall–Kier alpha value is -3.06. The molecule has 0 aliphatic rings. The summed E-state index contributed by atoms with van der Waals surface area (Å²) in [5, 5.41) is 4.83. The number of rotatable bonds is 3. The van der Waals surface area contributed by atoms with Crippen molar-refractivity contribution >= 4 is 23.1 Å². The number of benzene rings is 2. The average Bonchev–Trinajstić information content (AvgIpc) is 3.05.